The normalized spacial score (nSPS) is 19.3. The van der Waals surface area contributed by atoms with Gasteiger partial charge in [0.05, 0.1) is 6.10 Å². The predicted molar refractivity (Wildman–Crippen MR) is 67.2 cm³/mol. The summed E-state index contributed by atoms with van der Waals surface area (Å²) in [6.07, 6.45) is 2.35. The molecular weight excluding hydrogens is 214 g/mol. The van der Waals surface area contributed by atoms with Crippen molar-refractivity contribution in [3.8, 4) is 0 Å². The molecule has 1 unspecified atom stereocenters. The van der Waals surface area contributed by atoms with Crippen LogP contribution < -0.4 is 5.32 Å². The van der Waals surface area contributed by atoms with Gasteiger partial charge in [0.15, 0.2) is 0 Å². The largest absolute Gasteiger partial charge is 0.376 e. The molecule has 0 aromatic heterocycles. The number of carbonyl (C=O) groups excluding carboxylic acids is 1. The van der Waals surface area contributed by atoms with Crippen LogP contribution in [-0.2, 0) is 4.74 Å². The molecule has 0 radical (unpaired) electrons. The standard InChI is InChI=1S/C14H19NO2/c1-10-6-11(2)8-12(7-10)14(16)15-9-13-4-3-5-17-13/h6-8,13H,3-5,9H2,1-2H3,(H,15,16). The maximum absolute atomic E-state index is 11.9. The van der Waals surface area contributed by atoms with Crippen molar-refractivity contribution in [1.82, 2.24) is 5.32 Å². The van der Waals surface area contributed by atoms with Crippen molar-refractivity contribution in [2.24, 2.45) is 0 Å². The summed E-state index contributed by atoms with van der Waals surface area (Å²) in [5, 5.41) is 2.93. The molecular formula is C14H19NO2. The van der Waals surface area contributed by atoms with Crippen LogP contribution in [0.25, 0.3) is 0 Å². The average molecular weight is 233 g/mol. The fourth-order valence-electron chi connectivity index (χ4n) is 2.22. The van der Waals surface area contributed by atoms with E-state index in [1.165, 1.54) is 0 Å². The predicted octanol–water partition coefficient (Wildman–Crippen LogP) is 2.21. The zero-order chi connectivity index (χ0) is 12.3. The molecule has 0 bridgehead atoms. The first kappa shape index (κ1) is 12.1. The summed E-state index contributed by atoms with van der Waals surface area (Å²) in [7, 11) is 0. The highest BCUT2D eigenvalue weighted by molar-refractivity contribution is 5.94. The zero-order valence-corrected chi connectivity index (χ0v) is 10.5. The van der Waals surface area contributed by atoms with E-state index in [1.807, 2.05) is 26.0 Å². The third-order valence-electron chi connectivity index (χ3n) is 3.00. The van der Waals surface area contributed by atoms with Gasteiger partial charge in [-0.25, -0.2) is 0 Å². The molecule has 1 aliphatic heterocycles. The van der Waals surface area contributed by atoms with E-state index in [2.05, 4.69) is 11.4 Å². The minimum absolute atomic E-state index is 0.00713. The second-order valence-electron chi connectivity index (χ2n) is 4.72. The van der Waals surface area contributed by atoms with Crippen LogP contribution in [0.1, 0.15) is 34.3 Å². The van der Waals surface area contributed by atoms with Crippen LogP contribution in [0.2, 0.25) is 0 Å². The lowest BCUT2D eigenvalue weighted by Gasteiger charge is -2.11. The van der Waals surface area contributed by atoms with Gasteiger partial charge in [-0.2, -0.15) is 0 Å². The van der Waals surface area contributed by atoms with E-state index >= 15 is 0 Å². The fourth-order valence-corrected chi connectivity index (χ4v) is 2.22. The van der Waals surface area contributed by atoms with Crippen molar-refractivity contribution < 1.29 is 9.53 Å². The Morgan fingerprint density at radius 1 is 1.35 bits per heavy atom. The molecule has 0 saturated carbocycles. The highest BCUT2D eigenvalue weighted by Gasteiger charge is 2.16. The van der Waals surface area contributed by atoms with E-state index in [-0.39, 0.29) is 12.0 Å². The lowest BCUT2D eigenvalue weighted by molar-refractivity contribution is 0.0857. The Labute approximate surface area is 102 Å². The molecule has 1 saturated heterocycles. The van der Waals surface area contributed by atoms with Crippen LogP contribution in [0.3, 0.4) is 0 Å². The van der Waals surface area contributed by atoms with Crippen LogP contribution in [0.4, 0.5) is 0 Å². The molecule has 1 heterocycles. The van der Waals surface area contributed by atoms with E-state index in [1.54, 1.807) is 0 Å². The van der Waals surface area contributed by atoms with E-state index in [4.69, 9.17) is 4.74 Å². The summed E-state index contributed by atoms with van der Waals surface area (Å²) in [4.78, 5) is 11.9. The average Bonchev–Trinajstić information content (AvgIpc) is 2.77. The molecule has 1 aliphatic rings. The number of benzene rings is 1. The van der Waals surface area contributed by atoms with Crippen molar-refractivity contribution in [2.45, 2.75) is 32.8 Å². The SMILES string of the molecule is Cc1cc(C)cc(C(=O)NCC2CCCO2)c1. The lowest BCUT2D eigenvalue weighted by atomic mass is 10.1. The van der Waals surface area contributed by atoms with Gasteiger partial charge >= 0.3 is 0 Å². The minimum atomic E-state index is -0.00713. The zero-order valence-electron chi connectivity index (χ0n) is 10.5. The summed E-state index contributed by atoms with van der Waals surface area (Å²) >= 11 is 0. The molecule has 1 amide bonds. The Hall–Kier alpha value is -1.35. The molecule has 92 valence electrons. The van der Waals surface area contributed by atoms with Gasteiger partial charge in [0.1, 0.15) is 0 Å². The number of nitrogens with one attached hydrogen (secondary N) is 1. The van der Waals surface area contributed by atoms with Crippen molar-refractivity contribution in [1.29, 1.82) is 0 Å². The Morgan fingerprint density at radius 3 is 2.65 bits per heavy atom. The van der Waals surface area contributed by atoms with E-state index in [0.29, 0.717) is 6.54 Å². The van der Waals surface area contributed by atoms with E-state index in [9.17, 15) is 4.79 Å². The number of amides is 1. The number of aryl methyl sites for hydroxylation is 2. The van der Waals surface area contributed by atoms with Crippen molar-refractivity contribution in [3.63, 3.8) is 0 Å². The van der Waals surface area contributed by atoms with Gasteiger partial charge in [-0.3, -0.25) is 4.79 Å². The third kappa shape index (κ3) is 3.30. The second kappa shape index (κ2) is 5.32. The van der Waals surface area contributed by atoms with Gasteiger partial charge in [0.25, 0.3) is 5.91 Å². The lowest BCUT2D eigenvalue weighted by Crippen LogP contribution is -2.31. The first-order valence-electron chi connectivity index (χ1n) is 6.13. The van der Waals surface area contributed by atoms with E-state index in [0.717, 1.165) is 36.1 Å². The molecule has 0 aliphatic carbocycles. The molecule has 1 aromatic rings. The first-order chi connectivity index (χ1) is 8.15. The van der Waals surface area contributed by atoms with Crippen LogP contribution in [0, 0.1) is 13.8 Å². The van der Waals surface area contributed by atoms with Gasteiger partial charge in [0.2, 0.25) is 0 Å². The minimum Gasteiger partial charge on any atom is -0.376 e. The third-order valence-corrected chi connectivity index (χ3v) is 3.00. The highest BCUT2D eigenvalue weighted by atomic mass is 16.5. The molecule has 2 rings (SSSR count). The summed E-state index contributed by atoms with van der Waals surface area (Å²) in [6.45, 7) is 5.45. The smallest absolute Gasteiger partial charge is 0.251 e. The Morgan fingerprint density at radius 2 is 2.06 bits per heavy atom. The van der Waals surface area contributed by atoms with Crippen LogP contribution in [0.15, 0.2) is 18.2 Å². The van der Waals surface area contributed by atoms with Crippen molar-refractivity contribution >= 4 is 5.91 Å². The van der Waals surface area contributed by atoms with Gasteiger partial charge in [-0.1, -0.05) is 17.2 Å². The molecule has 17 heavy (non-hydrogen) atoms. The molecule has 1 fully saturated rings. The summed E-state index contributed by atoms with van der Waals surface area (Å²) in [5.41, 5.74) is 2.97. The Bertz CT molecular complexity index is 388. The maximum atomic E-state index is 11.9. The van der Waals surface area contributed by atoms with Gasteiger partial charge in [-0.15, -0.1) is 0 Å². The van der Waals surface area contributed by atoms with Gasteiger partial charge in [0, 0.05) is 18.7 Å². The van der Waals surface area contributed by atoms with E-state index < -0.39 is 0 Å². The first-order valence-corrected chi connectivity index (χ1v) is 6.13. The van der Waals surface area contributed by atoms with Gasteiger partial charge in [-0.05, 0) is 38.8 Å². The fraction of sp³-hybridized carbons (Fsp3) is 0.500. The Balaban J connectivity index is 1.94. The number of rotatable bonds is 3. The van der Waals surface area contributed by atoms with Crippen molar-refractivity contribution in [3.05, 3.63) is 34.9 Å². The molecule has 3 nitrogen and oxygen atoms in total. The monoisotopic (exact) mass is 233 g/mol. The molecule has 3 heteroatoms. The summed E-state index contributed by atoms with van der Waals surface area (Å²) in [5.74, 6) is -0.00713. The maximum Gasteiger partial charge on any atom is 0.251 e. The van der Waals surface area contributed by atoms with Gasteiger partial charge < -0.3 is 10.1 Å². The number of ether oxygens (including phenoxy) is 1. The Kier molecular flexibility index (Phi) is 3.79. The molecule has 0 spiro atoms. The number of carbonyl (C=O) groups is 1. The summed E-state index contributed by atoms with van der Waals surface area (Å²) in [6, 6.07) is 5.90. The number of hydrogen-bond acceptors (Lipinski definition) is 2. The topological polar surface area (TPSA) is 38.3 Å². The highest BCUT2D eigenvalue weighted by Crippen LogP contribution is 2.12. The van der Waals surface area contributed by atoms with Crippen LogP contribution in [-0.4, -0.2) is 25.2 Å². The second-order valence-corrected chi connectivity index (χ2v) is 4.72. The molecule has 1 N–H and O–H groups in total. The summed E-state index contributed by atoms with van der Waals surface area (Å²) < 4.78 is 5.47. The molecule has 1 atom stereocenters. The number of hydrogen-bond donors (Lipinski definition) is 1. The van der Waals surface area contributed by atoms with Crippen LogP contribution in [0.5, 0.6) is 0 Å². The van der Waals surface area contributed by atoms with Crippen LogP contribution >= 0.6 is 0 Å². The quantitative estimate of drug-likeness (QED) is 0.869. The molecule has 1 aromatic carbocycles. The van der Waals surface area contributed by atoms with Crippen molar-refractivity contribution in [2.75, 3.05) is 13.2 Å².